The standard InChI is InChI=1S/C23H40O2S/c1-2-3-4-5-8-11-16-26-18-22-20-15-14-19(17-20)21(22)12-9-6-7-10-13-23(24)25/h6,9,19-22H,2-5,7-8,10-18H2,1H3,(H,24,25)/t19-,20+,21-,22+/m0/s1. The van der Waals surface area contributed by atoms with E-state index in [0.717, 1.165) is 36.5 Å². The number of rotatable bonds is 15. The Morgan fingerprint density at radius 1 is 1.00 bits per heavy atom. The lowest BCUT2D eigenvalue weighted by Crippen LogP contribution is -2.24. The molecule has 2 rings (SSSR count). The molecule has 2 aliphatic rings. The van der Waals surface area contributed by atoms with Crippen LogP contribution in [0.3, 0.4) is 0 Å². The summed E-state index contributed by atoms with van der Waals surface area (Å²) < 4.78 is 0. The van der Waals surface area contributed by atoms with Crippen molar-refractivity contribution in [1.82, 2.24) is 0 Å². The number of thioether (sulfide) groups is 1. The highest BCUT2D eigenvalue weighted by molar-refractivity contribution is 7.99. The second-order valence-corrected chi connectivity index (χ2v) is 9.65. The van der Waals surface area contributed by atoms with Crippen molar-refractivity contribution >= 4 is 17.7 Å². The van der Waals surface area contributed by atoms with Gasteiger partial charge in [0.25, 0.3) is 0 Å². The highest BCUT2D eigenvalue weighted by Crippen LogP contribution is 2.54. The number of aliphatic carboxylic acids is 1. The number of hydrogen-bond donors (Lipinski definition) is 1. The van der Waals surface area contributed by atoms with Crippen molar-refractivity contribution in [2.24, 2.45) is 23.7 Å². The third kappa shape index (κ3) is 7.66. The summed E-state index contributed by atoms with van der Waals surface area (Å²) >= 11 is 2.22. The fraction of sp³-hybridized carbons (Fsp3) is 0.870. The summed E-state index contributed by atoms with van der Waals surface area (Å²) in [6.07, 6.45) is 20.7. The van der Waals surface area contributed by atoms with E-state index < -0.39 is 5.97 Å². The lowest BCUT2D eigenvalue weighted by atomic mass is 9.78. The SMILES string of the molecule is CCCCCCCCSC[C@@H]1[C@@H]2CC[C@@H](C2)[C@@H]1CC=CCCCC(=O)O. The van der Waals surface area contributed by atoms with Crippen molar-refractivity contribution in [2.75, 3.05) is 11.5 Å². The highest BCUT2D eigenvalue weighted by atomic mass is 32.2. The first kappa shape index (κ1) is 21.9. The van der Waals surface area contributed by atoms with Crippen LogP contribution in [0.5, 0.6) is 0 Å². The molecule has 4 atom stereocenters. The first-order chi connectivity index (χ1) is 12.7. The number of hydrogen-bond acceptors (Lipinski definition) is 2. The quantitative estimate of drug-likeness (QED) is 0.247. The Hall–Kier alpha value is -0.440. The minimum absolute atomic E-state index is 0.302. The maximum absolute atomic E-state index is 10.6. The van der Waals surface area contributed by atoms with Crippen LogP contribution >= 0.6 is 11.8 Å². The lowest BCUT2D eigenvalue weighted by Gasteiger charge is -2.30. The summed E-state index contributed by atoms with van der Waals surface area (Å²) in [7, 11) is 0. The molecule has 26 heavy (non-hydrogen) atoms. The predicted molar refractivity (Wildman–Crippen MR) is 114 cm³/mol. The predicted octanol–water partition coefficient (Wildman–Crippen LogP) is 6.94. The number of carboxylic acids is 1. The van der Waals surface area contributed by atoms with Gasteiger partial charge >= 0.3 is 5.97 Å². The van der Waals surface area contributed by atoms with Crippen LogP contribution < -0.4 is 0 Å². The van der Waals surface area contributed by atoms with Gasteiger partial charge in [0.2, 0.25) is 0 Å². The van der Waals surface area contributed by atoms with Crippen molar-refractivity contribution in [3.05, 3.63) is 12.2 Å². The number of carboxylic acid groups (broad SMARTS) is 1. The van der Waals surface area contributed by atoms with E-state index in [1.807, 2.05) is 0 Å². The average molecular weight is 381 g/mol. The van der Waals surface area contributed by atoms with Gasteiger partial charge in [-0.3, -0.25) is 4.79 Å². The van der Waals surface area contributed by atoms with Crippen LogP contribution in [-0.4, -0.2) is 22.6 Å². The second kappa shape index (κ2) is 12.9. The molecule has 0 amide bonds. The maximum atomic E-state index is 10.6. The van der Waals surface area contributed by atoms with Crippen molar-refractivity contribution < 1.29 is 9.90 Å². The summed E-state index contributed by atoms with van der Waals surface area (Å²) in [5.74, 6) is 5.90. The molecule has 0 aromatic rings. The van der Waals surface area contributed by atoms with Crippen molar-refractivity contribution in [2.45, 2.75) is 90.4 Å². The van der Waals surface area contributed by atoms with Gasteiger partial charge in [0.1, 0.15) is 0 Å². The molecular weight excluding hydrogens is 340 g/mol. The van der Waals surface area contributed by atoms with Gasteiger partial charge < -0.3 is 5.11 Å². The third-order valence-corrected chi connectivity index (χ3v) is 7.76. The average Bonchev–Trinajstić information content (AvgIpc) is 3.22. The van der Waals surface area contributed by atoms with Crippen LogP contribution in [0.15, 0.2) is 12.2 Å². The highest BCUT2D eigenvalue weighted by Gasteiger charge is 2.46. The Kier molecular flexibility index (Phi) is 10.8. The summed E-state index contributed by atoms with van der Waals surface area (Å²) in [5.41, 5.74) is 0. The number of fused-ring (bicyclic) bond motifs is 2. The van der Waals surface area contributed by atoms with E-state index >= 15 is 0 Å². The van der Waals surface area contributed by atoms with Crippen molar-refractivity contribution in [3.63, 3.8) is 0 Å². The normalized spacial score (nSPS) is 27.6. The Balaban J connectivity index is 1.60. The first-order valence-corrected chi connectivity index (χ1v) is 12.3. The Morgan fingerprint density at radius 2 is 1.73 bits per heavy atom. The van der Waals surface area contributed by atoms with Gasteiger partial charge in [-0.25, -0.2) is 0 Å². The summed E-state index contributed by atoms with van der Waals surface area (Å²) in [5, 5.41) is 8.70. The minimum Gasteiger partial charge on any atom is -0.481 e. The van der Waals surface area contributed by atoms with Crippen LogP contribution in [-0.2, 0) is 4.79 Å². The van der Waals surface area contributed by atoms with Crippen molar-refractivity contribution in [1.29, 1.82) is 0 Å². The van der Waals surface area contributed by atoms with E-state index in [1.54, 1.807) is 0 Å². The fourth-order valence-corrected chi connectivity index (χ4v) is 6.47. The molecule has 150 valence electrons. The number of allylic oxidation sites excluding steroid dienone is 2. The summed E-state index contributed by atoms with van der Waals surface area (Å²) in [6, 6.07) is 0. The minimum atomic E-state index is -0.672. The first-order valence-electron chi connectivity index (χ1n) is 11.2. The zero-order valence-electron chi connectivity index (χ0n) is 16.8. The molecule has 0 aliphatic heterocycles. The molecule has 2 bridgehead atoms. The van der Waals surface area contributed by atoms with Gasteiger partial charge in [0, 0.05) is 6.42 Å². The van der Waals surface area contributed by atoms with Crippen LogP contribution in [0.25, 0.3) is 0 Å². The zero-order valence-corrected chi connectivity index (χ0v) is 17.7. The molecule has 0 saturated heterocycles. The molecule has 0 heterocycles. The van der Waals surface area contributed by atoms with Gasteiger partial charge in [-0.1, -0.05) is 51.2 Å². The molecule has 0 aromatic carbocycles. The van der Waals surface area contributed by atoms with Gasteiger partial charge in [-0.05, 0) is 80.1 Å². The molecule has 0 aromatic heterocycles. The molecule has 1 N–H and O–H groups in total. The van der Waals surface area contributed by atoms with E-state index in [4.69, 9.17) is 5.11 Å². The van der Waals surface area contributed by atoms with Gasteiger partial charge in [-0.2, -0.15) is 11.8 Å². The molecule has 2 aliphatic carbocycles. The second-order valence-electron chi connectivity index (χ2n) is 8.50. The lowest BCUT2D eigenvalue weighted by molar-refractivity contribution is -0.137. The summed E-state index contributed by atoms with van der Waals surface area (Å²) in [6.45, 7) is 2.28. The van der Waals surface area contributed by atoms with E-state index in [-0.39, 0.29) is 0 Å². The topological polar surface area (TPSA) is 37.3 Å². The summed E-state index contributed by atoms with van der Waals surface area (Å²) in [4.78, 5) is 10.6. The van der Waals surface area contributed by atoms with E-state index in [1.165, 1.54) is 75.7 Å². The Bertz CT molecular complexity index is 420. The molecule has 2 fully saturated rings. The van der Waals surface area contributed by atoms with Gasteiger partial charge in [-0.15, -0.1) is 0 Å². The molecule has 3 heteroatoms. The Morgan fingerprint density at radius 3 is 2.50 bits per heavy atom. The fourth-order valence-electron chi connectivity index (χ4n) is 5.10. The molecule has 2 saturated carbocycles. The number of unbranched alkanes of at least 4 members (excludes halogenated alkanes) is 6. The van der Waals surface area contributed by atoms with E-state index in [2.05, 4.69) is 30.8 Å². The van der Waals surface area contributed by atoms with Gasteiger partial charge in [0.05, 0.1) is 0 Å². The van der Waals surface area contributed by atoms with E-state index in [9.17, 15) is 4.79 Å². The van der Waals surface area contributed by atoms with Crippen molar-refractivity contribution in [3.8, 4) is 0 Å². The smallest absolute Gasteiger partial charge is 0.303 e. The molecule has 0 radical (unpaired) electrons. The largest absolute Gasteiger partial charge is 0.481 e. The number of carbonyl (C=O) groups is 1. The molecular formula is C23H40O2S. The molecule has 0 unspecified atom stereocenters. The van der Waals surface area contributed by atoms with Crippen LogP contribution in [0, 0.1) is 23.7 Å². The van der Waals surface area contributed by atoms with Gasteiger partial charge in [0.15, 0.2) is 0 Å². The van der Waals surface area contributed by atoms with Crippen LogP contribution in [0.2, 0.25) is 0 Å². The zero-order chi connectivity index (χ0) is 18.6. The third-order valence-electron chi connectivity index (χ3n) is 6.56. The van der Waals surface area contributed by atoms with E-state index in [0.29, 0.717) is 6.42 Å². The van der Waals surface area contributed by atoms with Crippen LogP contribution in [0.1, 0.15) is 90.4 Å². The Labute approximate surface area is 165 Å². The maximum Gasteiger partial charge on any atom is 0.303 e. The monoisotopic (exact) mass is 380 g/mol. The molecule has 2 nitrogen and oxygen atoms in total. The molecule has 0 spiro atoms. The van der Waals surface area contributed by atoms with Crippen LogP contribution in [0.4, 0.5) is 0 Å².